The number of nitrogens with one attached hydrogen (secondary N) is 1. The molecule has 124 valence electrons. The predicted octanol–water partition coefficient (Wildman–Crippen LogP) is -0.000980. The van der Waals surface area contributed by atoms with E-state index in [2.05, 4.69) is 17.4 Å². The molecular formula is C16H22N4O3. The Morgan fingerprint density at radius 2 is 2.00 bits per heavy atom. The van der Waals surface area contributed by atoms with E-state index in [1.807, 2.05) is 30.1 Å². The summed E-state index contributed by atoms with van der Waals surface area (Å²) in [5, 5.41) is 1.93. The topological polar surface area (TPSA) is 65.1 Å². The molecule has 1 amide bonds. The van der Waals surface area contributed by atoms with Crippen molar-refractivity contribution in [3.8, 4) is 5.75 Å². The molecule has 1 aromatic rings. The van der Waals surface area contributed by atoms with Crippen molar-refractivity contribution in [1.82, 2.24) is 15.3 Å². The van der Waals surface area contributed by atoms with E-state index in [1.54, 1.807) is 4.90 Å². The third-order valence-electron chi connectivity index (χ3n) is 4.12. The maximum Gasteiger partial charge on any atom is 0.331 e. The third kappa shape index (κ3) is 3.80. The molecule has 3 rings (SSSR count). The van der Waals surface area contributed by atoms with Gasteiger partial charge in [-0.25, -0.2) is 9.80 Å². The number of hydrazine groups is 1. The van der Waals surface area contributed by atoms with Crippen molar-refractivity contribution in [2.24, 2.45) is 0 Å². The van der Waals surface area contributed by atoms with Gasteiger partial charge in [-0.1, -0.05) is 6.07 Å². The fourth-order valence-electron chi connectivity index (χ4n) is 2.80. The highest BCUT2D eigenvalue weighted by Gasteiger charge is 2.26. The second kappa shape index (κ2) is 6.55. The minimum Gasteiger partial charge on any atom is -0.423 e. The molecule has 1 saturated heterocycles. The smallest absolute Gasteiger partial charge is 0.331 e. The third-order valence-corrected chi connectivity index (χ3v) is 4.12. The molecule has 2 aliphatic rings. The Labute approximate surface area is 135 Å². The number of amides is 1. The molecule has 0 bridgehead atoms. The van der Waals surface area contributed by atoms with Gasteiger partial charge in [0.1, 0.15) is 6.54 Å². The molecule has 2 aliphatic heterocycles. The Balaban J connectivity index is 1.63. The number of aryl methyl sites for hydroxylation is 1. The van der Waals surface area contributed by atoms with Crippen LogP contribution in [0.2, 0.25) is 0 Å². The first-order valence-electron chi connectivity index (χ1n) is 7.80. The van der Waals surface area contributed by atoms with Crippen LogP contribution in [0.3, 0.4) is 0 Å². The maximum atomic E-state index is 12.3. The average molecular weight is 318 g/mol. The standard InChI is InChI=1S/C16H22N4O3/c1-12-3-4-13-14(9-12)23-16(22)11-19(13)10-15(21)17-20-7-5-18(2)6-8-20/h3-4,9H,5-8,10-11H2,1-2H3,(H,17,21). The molecule has 0 atom stereocenters. The first-order chi connectivity index (χ1) is 11.0. The van der Waals surface area contributed by atoms with E-state index in [9.17, 15) is 9.59 Å². The highest BCUT2D eigenvalue weighted by Crippen LogP contribution is 2.32. The van der Waals surface area contributed by atoms with E-state index in [4.69, 9.17) is 4.74 Å². The minimum atomic E-state index is -0.338. The lowest BCUT2D eigenvalue weighted by molar-refractivity contribution is -0.133. The lowest BCUT2D eigenvalue weighted by atomic mass is 10.1. The molecule has 0 radical (unpaired) electrons. The van der Waals surface area contributed by atoms with Gasteiger partial charge in [0.05, 0.1) is 12.2 Å². The van der Waals surface area contributed by atoms with Gasteiger partial charge in [0, 0.05) is 26.2 Å². The van der Waals surface area contributed by atoms with Gasteiger partial charge in [0.2, 0.25) is 0 Å². The van der Waals surface area contributed by atoms with Crippen LogP contribution in [0, 0.1) is 6.92 Å². The highest BCUT2D eigenvalue weighted by atomic mass is 16.5. The van der Waals surface area contributed by atoms with Gasteiger partial charge in [0.25, 0.3) is 5.91 Å². The van der Waals surface area contributed by atoms with E-state index >= 15 is 0 Å². The van der Waals surface area contributed by atoms with Crippen LogP contribution in [0.1, 0.15) is 5.56 Å². The Bertz CT molecular complexity index is 611. The summed E-state index contributed by atoms with van der Waals surface area (Å²) < 4.78 is 5.26. The van der Waals surface area contributed by atoms with Gasteiger partial charge in [-0.15, -0.1) is 0 Å². The number of benzene rings is 1. The van der Waals surface area contributed by atoms with Crippen molar-refractivity contribution in [2.75, 3.05) is 51.2 Å². The summed E-state index contributed by atoms with van der Waals surface area (Å²) in [5.74, 6) is 0.0694. The normalized spacial score (nSPS) is 19.2. The van der Waals surface area contributed by atoms with E-state index in [0.29, 0.717) is 5.75 Å². The molecule has 0 unspecified atom stereocenters. The summed E-state index contributed by atoms with van der Waals surface area (Å²) in [6, 6.07) is 5.65. The molecule has 0 saturated carbocycles. The van der Waals surface area contributed by atoms with E-state index in [0.717, 1.165) is 37.4 Å². The lowest BCUT2D eigenvalue weighted by Gasteiger charge is -2.34. The summed E-state index contributed by atoms with van der Waals surface area (Å²) in [6.45, 7) is 5.63. The molecule has 7 nitrogen and oxygen atoms in total. The van der Waals surface area contributed by atoms with Crippen molar-refractivity contribution in [3.63, 3.8) is 0 Å². The molecule has 2 heterocycles. The summed E-state index contributed by atoms with van der Waals surface area (Å²) >= 11 is 0. The molecule has 0 aliphatic carbocycles. The first kappa shape index (κ1) is 15.8. The van der Waals surface area contributed by atoms with Crippen LogP contribution < -0.4 is 15.1 Å². The summed E-state index contributed by atoms with van der Waals surface area (Å²) in [5.41, 5.74) is 4.71. The lowest BCUT2D eigenvalue weighted by Crippen LogP contribution is -2.54. The summed E-state index contributed by atoms with van der Waals surface area (Å²) in [7, 11) is 2.07. The summed E-state index contributed by atoms with van der Waals surface area (Å²) in [6.07, 6.45) is 0. The number of fused-ring (bicyclic) bond motifs is 1. The van der Waals surface area contributed by atoms with Gasteiger partial charge in [-0.2, -0.15) is 0 Å². The number of carbonyl (C=O) groups is 2. The second-order valence-electron chi connectivity index (χ2n) is 6.13. The molecular weight excluding hydrogens is 296 g/mol. The zero-order valence-electron chi connectivity index (χ0n) is 13.5. The second-order valence-corrected chi connectivity index (χ2v) is 6.13. The van der Waals surface area contributed by atoms with Gasteiger partial charge in [0.15, 0.2) is 5.75 Å². The van der Waals surface area contributed by atoms with Crippen LogP contribution in [0.15, 0.2) is 18.2 Å². The Morgan fingerprint density at radius 3 is 2.74 bits per heavy atom. The average Bonchev–Trinajstić information content (AvgIpc) is 2.49. The minimum absolute atomic E-state index is 0.0895. The number of piperazine rings is 1. The Kier molecular flexibility index (Phi) is 4.49. The van der Waals surface area contributed by atoms with E-state index < -0.39 is 0 Å². The number of carbonyl (C=O) groups excluding carboxylic acids is 2. The Morgan fingerprint density at radius 1 is 1.26 bits per heavy atom. The van der Waals surface area contributed by atoms with Gasteiger partial charge in [-0.05, 0) is 31.7 Å². The van der Waals surface area contributed by atoms with Crippen LogP contribution in [-0.2, 0) is 9.59 Å². The van der Waals surface area contributed by atoms with Gasteiger partial charge in [-0.3, -0.25) is 10.2 Å². The van der Waals surface area contributed by atoms with Gasteiger partial charge < -0.3 is 14.5 Å². The molecule has 0 spiro atoms. The number of likely N-dealkylation sites (N-methyl/N-ethyl adjacent to an activating group) is 1. The van der Waals surface area contributed by atoms with Gasteiger partial charge >= 0.3 is 5.97 Å². The van der Waals surface area contributed by atoms with Crippen LogP contribution in [0.4, 0.5) is 5.69 Å². The number of hydrogen-bond donors (Lipinski definition) is 1. The number of rotatable bonds is 3. The zero-order valence-corrected chi connectivity index (χ0v) is 13.5. The van der Waals surface area contributed by atoms with E-state index in [1.165, 1.54) is 0 Å². The monoisotopic (exact) mass is 318 g/mol. The number of nitrogens with zero attached hydrogens (tertiary/aromatic N) is 3. The van der Waals surface area contributed by atoms with Crippen LogP contribution in [0.25, 0.3) is 0 Å². The van der Waals surface area contributed by atoms with Crippen molar-refractivity contribution in [3.05, 3.63) is 23.8 Å². The number of ether oxygens (including phenoxy) is 1. The molecule has 1 N–H and O–H groups in total. The fraction of sp³-hybridized carbons (Fsp3) is 0.500. The highest BCUT2D eigenvalue weighted by molar-refractivity contribution is 5.89. The SMILES string of the molecule is Cc1ccc2c(c1)OC(=O)CN2CC(=O)NN1CCN(C)CC1. The number of esters is 1. The fourth-order valence-corrected chi connectivity index (χ4v) is 2.80. The number of hydrogen-bond acceptors (Lipinski definition) is 6. The van der Waals surface area contributed by atoms with Crippen LogP contribution in [-0.4, -0.2) is 68.1 Å². The van der Waals surface area contributed by atoms with Crippen LogP contribution >= 0.6 is 0 Å². The maximum absolute atomic E-state index is 12.3. The molecule has 0 aromatic heterocycles. The molecule has 1 fully saturated rings. The van der Waals surface area contributed by atoms with E-state index in [-0.39, 0.29) is 25.0 Å². The predicted molar refractivity (Wildman–Crippen MR) is 86.2 cm³/mol. The molecule has 1 aromatic carbocycles. The largest absolute Gasteiger partial charge is 0.423 e. The van der Waals surface area contributed by atoms with Crippen molar-refractivity contribution >= 4 is 17.6 Å². The summed E-state index contributed by atoms with van der Waals surface area (Å²) in [4.78, 5) is 28.0. The number of anilines is 1. The van der Waals surface area contributed by atoms with Crippen molar-refractivity contribution in [2.45, 2.75) is 6.92 Å². The van der Waals surface area contributed by atoms with Crippen LogP contribution in [0.5, 0.6) is 5.75 Å². The molecule has 23 heavy (non-hydrogen) atoms. The van der Waals surface area contributed by atoms with Crippen molar-refractivity contribution < 1.29 is 14.3 Å². The quantitative estimate of drug-likeness (QED) is 0.625. The Hall–Kier alpha value is -2.12. The van der Waals surface area contributed by atoms with Crippen molar-refractivity contribution in [1.29, 1.82) is 0 Å². The zero-order chi connectivity index (χ0) is 16.4. The first-order valence-corrected chi connectivity index (χ1v) is 7.80. The molecule has 7 heteroatoms.